The summed E-state index contributed by atoms with van der Waals surface area (Å²) in [5.41, 5.74) is -0.459. The van der Waals surface area contributed by atoms with Crippen LogP contribution in [0.1, 0.15) is 34.1 Å². The number of aliphatic hydroxyl groups is 1. The summed E-state index contributed by atoms with van der Waals surface area (Å²) in [5, 5.41) is 11.5. The molecule has 0 saturated carbocycles. The van der Waals surface area contributed by atoms with E-state index < -0.39 is 5.41 Å². The van der Waals surface area contributed by atoms with Crippen molar-refractivity contribution in [1.29, 1.82) is 0 Å². The topological polar surface area (TPSA) is 49.3 Å². The van der Waals surface area contributed by atoms with Crippen molar-refractivity contribution in [2.45, 2.75) is 40.2 Å². The Balaban J connectivity index is 4.06. The van der Waals surface area contributed by atoms with Crippen LogP contribution < -0.4 is 5.32 Å². The Morgan fingerprint density at radius 2 is 2.00 bits per heavy atom. The number of aliphatic hydroxyl groups excluding tert-OH is 1. The quantitative estimate of drug-likeness (QED) is 0.664. The van der Waals surface area contributed by atoms with Crippen LogP contribution in [0, 0.1) is 5.41 Å². The largest absolute Gasteiger partial charge is 0.396 e. The second-order valence-corrected chi connectivity index (χ2v) is 3.99. The molecule has 2 N–H and O–H groups in total. The van der Waals surface area contributed by atoms with Crippen molar-refractivity contribution in [3.8, 4) is 0 Å². The number of nitrogens with one attached hydrogen (secondary N) is 1. The van der Waals surface area contributed by atoms with Gasteiger partial charge in [-0.25, -0.2) is 0 Å². The summed E-state index contributed by atoms with van der Waals surface area (Å²) in [6, 6.07) is 0.162. The molecule has 0 aliphatic carbocycles. The van der Waals surface area contributed by atoms with Crippen molar-refractivity contribution in [3.05, 3.63) is 0 Å². The van der Waals surface area contributed by atoms with Crippen molar-refractivity contribution in [2.24, 2.45) is 5.41 Å². The van der Waals surface area contributed by atoms with E-state index in [0.717, 1.165) is 0 Å². The lowest BCUT2D eigenvalue weighted by molar-refractivity contribution is -0.130. The van der Waals surface area contributed by atoms with Gasteiger partial charge in [0.05, 0.1) is 0 Å². The van der Waals surface area contributed by atoms with E-state index in [1.54, 1.807) is 0 Å². The fourth-order valence-corrected chi connectivity index (χ4v) is 0.851. The highest BCUT2D eigenvalue weighted by Gasteiger charge is 2.26. The smallest absolute Gasteiger partial charge is 0.225 e. The highest BCUT2D eigenvalue weighted by atomic mass is 16.3. The maximum absolute atomic E-state index is 11.4. The number of hydrogen-bond donors (Lipinski definition) is 2. The van der Waals surface area contributed by atoms with E-state index in [9.17, 15) is 4.79 Å². The van der Waals surface area contributed by atoms with E-state index >= 15 is 0 Å². The van der Waals surface area contributed by atoms with E-state index in [4.69, 9.17) is 5.11 Å². The molecule has 3 nitrogen and oxygen atoms in total. The van der Waals surface area contributed by atoms with Crippen LogP contribution in [-0.4, -0.2) is 23.7 Å². The predicted molar refractivity (Wildman–Crippen MR) is 48.8 cm³/mol. The SMILES string of the molecule is CC(C)NC(=O)C(C)(C)CCO. The summed E-state index contributed by atoms with van der Waals surface area (Å²) in [5.74, 6) is 0.00606. The molecule has 0 aliphatic heterocycles. The van der Waals surface area contributed by atoms with Gasteiger partial charge in [-0.1, -0.05) is 13.8 Å². The summed E-state index contributed by atoms with van der Waals surface area (Å²) >= 11 is 0. The van der Waals surface area contributed by atoms with Crippen molar-refractivity contribution in [3.63, 3.8) is 0 Å². The van der Waals surface area contributed by atoms with Gasteiger partial charge in [0.15, 0.2) is 0 Å². The highest BCUT2D eigenvalue weighted by molar-refractivity contribution is 5.81. The van der Waals surface area contributed by atoms with E-state index in [0.29, 0.717) is 6.42 Å². The molecule has 0 unspecified atom stereocenters. The van der Waals surface area contributed by atoms with E-state index in [2.05, 4.69) is 5.32 Å². The Labute approximate surface area is 74.2 Å². The minimum atomic E-state index is -0.459. The predicted octanol–water partition coefficient (Wildman–Crippen LogP) is 0.920. The van der Waals surface area contributed by atoms with Crippen LogP contribution in [0.4, 0.5) is 0 Å². The van der Waals surface area contributed by atoms with Crippen LogP contribution in [0.25, 0.3) is 0 Å². The zero-order valence-corrected chi connectivity index (χ0v) is 8.35. The van der Waals surface area contributed by atoms with Crippen LogP contribution in [0.15, 0.2) is 0 Å². The van der Waals surface area contributed by atoms with Gasteiger partial charge in [-0.3, -0.25) is 4.79 Å². The average molecular weight is 173 g/mol. The van der Waals surface area contributed by atoms with Gasteiger partial charge < -0.3 is 10.4 Å². The Morgan fingerprint density at radius 1 is 1.50 bits per heavy atom. The van der Waals surface area contributed by atoms with Gasteiger partial charge in [0.2, 0.25) is 5.91 Å². The number of carbonyl (C=O) groups is 1. The van der Waals surface area contributed by atoms with Gasteiger partial charge in [-0.2, -0.15) is 0 Å². The van der Waals surface area contributed by atoms with Gasteiger partial charge >= 0.3 is 0 Å². The third-order valence-corrected chi connectivity index (χ3v) is 1.77. The minimum absolute atomic E-state index is 0.00606. The fraction of sp³-hybridized carbons (Fsp3) is 0.889. The van der Waals surface area contributed by atoms with Gasteiger partial charge in [-0.15, -0.1) is 0 Å². The third kappa shape index (κ3) is 3.72. The first-order valence-corrected chi connectivity index (χ1v) is 4.32. The summed E-state index contributed by atoms with van der Waals surface area (Å²) in [7, 11) is 0. The lowest BCUT2D eigenvalue weighted by Gasteiger charge is -2.23. The third-order valence-electron chi connectivity index (χ3n) is 1.77. The monoisotopic (exact) mass is 173 g/mol. The molecular weight excluding hydrogens is 154 g/mol. The van der Waals surface area contributed by atoms with E-state index in [1.165, 1.54) is 0 Å². The first kappa shape index (κ1) is 11.4. The van der Waals surface area contributed by atoms with Crippen molar-refractivity contribution < 1.29 is 9.90 Å². The van der Waals surface area contributed by atoms with Crippen molar-refractivity contribution in [1.82, 2.24) is 5.32 Å². The van der Waals surface area contributed by atoms with Gasteiger partial charge in [0.1, 0.15) is 0 Å². The van der Waals surface area contributed by atoms with Gasteiger partial charge in [0.25, 0.3) is 0 Å². The summed E-state index contributed by atoms with van der Waals surface area (Å²) in [6.45, 7) is 7.57. The average Bonchev–Trinajstić information content (AvgIpc) is 1.85. The molecule has 72 valence electrons. The van der Waals surface area contributed by atoms with Crippen LogP contribution >= 0.6 is 0 Å². The van der Waals surface area contributed by atoms with Gasteiger partial charge in [0, 0.05) is 18.1 Å². The zero-order valence-electron chi connectivity index (χ0n) is 8.35. The Kier molecular flexibility index (Phi) is 4.24. The molecule has 12 heavy (non-hydrogen) atoms. The lowest BCUT2D eigenvalue weighted by atomic mass is 9.88. The second-order valence-electron chi connectivity index (χ2n) is 3.99. The number of hydrogen-bond acceptors (Lipinski definition) is 2. The summed E-state index contributed by atoms with van der Waals surface area (Å²) in [4.78, 5) is 11.4. The highest BCUT2D eigenvalue weighted by Crippen LogP contribution is 2.19. The number of rotatable bonds is 4. The summed E-state index contributed by atoms with van der Waals surface area (Å²) in [6.07, 6.45) is 0.506. The van der Waals surface area contributed by atoms with Crippen molar-refractivity contribution >= 4 is 5.91 Å². The van der Waals surface area contributed by atoms with Crippen molar-refractivity contribution in [2.75, 3.05) is 6.61 Å². The number of carbonyl (C=O) groups excluding carboxylic acids is 1. The molecule has 0 aliphatic rings. The molecule has 0 spiro atoms. The Hall–Kier alpha value is -0.570. The lowest BCUT2D eigenvalue weighted by Crippen LogP contribution is -2.41. The summed E-state index contributed by atoms with van der Waals surface area (Å²) < 4.78 is 0. The first-order valence-electron chi connectivity index (χ1n) is 4.32. The molecule has 0 aromatic rings. The number of amides is 1. The van der Waals surface area contributed by atoms with Crippen LogP contribution in [0.5, 0.6) is 0 Å². The maximum Gasteiger partial charge on any atom is 0.225 e. The zero-order chi connectivity index (χ0) is 9.78. The molecule has 0 aromatic heterocycles. The molecule has 3 heteroatoms. The first-order chi connectivity index (χ1) is 5.40. The van der Waals surface area contributed by atoms with E-state index in [-0.39, 0.29) is 18.6 Å². The van der Waals surface area contributed by atoms with Crippen LogP contribution in [-0.2, 0) is 4.79 Å². The van der Waals surface area contributed by atoms with Gasteiger partial charge in [-0.05, 0) is 20.3 Å². The molecule has 0 heterocycles. The molecular formula is C9H19NO2. The van der Waals surface area contributed by atoms with Crippen LogP contribution in [0.3, 0.4) is 0 Å². The molecule has 1 amide bonds. The Morgan fingerprint density at radius 3 is 2.33 bits per heavy atom. The minimum Gasteiger partial charge on any atom is -0.396 e. The van der Waals surface area contributed by atoms with E-state index in [1.807, 2.05) is 27.7 Å². The standard InChI is InChI=1S/C9H19NO2/c1-7(2)10-8(12)9(3,4)5-6-11/h7,11H,5-6H2,1-4H3,(H,10,12). The molecule has 0 bridgehead atoms. The molecule has 0 atom stereocenters. The molecule has 0 rings (SSSR count). The second kappa shape index (κ2) is 4.45. The molecule has 0 saturated heterocycles. The maximum atomic E-state index is 11.4. The van der Waals surface area contributed by atoms with Crippen LogP contribution in [0.2, 0.25) is 0 Å². The molecule has 0 aromatic carbocycles. The molecule has 0 fully saturated rings. The fourth-order valence-electron chi connectivity index (χ4n) is 0.851. The molecule has 0 radical (unpaired) electrons. The normalized spacial score (nSPS) is 11.8. The Bertz CT molecular complexity index is 153.